The molecule has 1 N–H and O–H groups in total. The molecule has 0 aliphatic carbocycles. The van der Waals surface area contributed by atoms with Crippen LogP contribution in [0.25, 0.3) is 0 Å². The number of rotatable bonds is 5. The highest BCUT2D eigenvalue weighted by Gasteiger charge is 2.50. The molecule has 9 nitrogen and oxygen atoms in total. The lowest BCUT2D eigenvalue weighted by molar-refractivity contribution is -0.166. The summed E-state index contributed by atoms with van der Waals surface area (Å²) in [6.07, 6.45) is -0.289. The highest BCUT2D eigenvalue weighted by molar-refractivity contribution is 7.71. The van der Waals surface area contributed by atoms with E-state index in [1.165, 1.54) is 25.3 Å². The van der Waals surface area contributed by atoms with Crippen LogP contribution < -0.4 is 0 Å². The largest absolute Gasteiger partial charge is 0.463 e. The zero-order valence-corrected chi connectivity index (χ0v) is 14.2. The Morgan fingerprint density at radius 3 is 2.29 bits per heavy atom. The van der Waals surface area contributed by atoms with Gasteiger partial charge >= 0.3 is 17.9 Å². The smallest absolute Gasteiger partial charge is 0.303 e. The summed E-state index contributed by atoms with van der Waals surface area (Å²) in [5.74, 6) is -1.65. The van der Waals surface area contributed by atoms with Crippen molar-refractivity contribution in [3.05, 3.63) is 17.2 Å². The maximum absolute atomic E-state index is 11.5. The standard InChI is InChI=1S/C14H18N2O7S/c1-7(17)20-6-10-11(21-8(2)18)12(22-9(3)19)13(23-10)16-5-4-15-14(16)24/h4-5,10-13H,6H2,1-3H3,(H,15,24)/t10-,11+,12+,13-/m1/s1. The molecule has 1 aliphatic heterocycles. The average molecular weight is 358 g/mol. The van der Waals surface area contributed by atoms with Gasteiger partial charge in [0.2, 0.25) is 0 Å². The van der Waals surface area contributed by atoms with Crippen LogP contribution in [0.1, 0.15) is 27.0 Å². The lowest BCUT2D eigenvalue weighted by Gasteiger charge is -2.23. The molecule has 1 fully saturated rings. The predicted octanol–water partition coefficient (Wildman–Crippen LogP) is 0.870. The van der Waals surface area contributed by atoms with Crippen LogP contribution >= 0.6 is 12.2 Å². The molecule has 10 heteroatoms. The zero-order chi connectivity index (χ0) is 17.9. The maximum Gasteiger partial charge on any atom is 0.303 e. The lowest BCUT2D eigenvalue weighted by Crippen LogP contribution is -2.40. The minimum absolute atomic E-state index is 0.153. The normalized spacial score (nSPS) is 26.0. The third kappa shape index (κ3) is 4.20. The van der Waals surface area contributed by atoms with Gasteiger partial charge < -0.3 is 23.9 Å². The second-order valence-corrected chi connectivity index (χ2v) is 5.57. The van der Waals surface area contributed by atoms with Gasteiger partial charge in [0.05, 0.1) is 0 Å². The number of ether oxygens (including phenoxy) is 4. The Morgan fingerprint density at radius 2 is 1.79 bits per heavy atom. The molecule has 0 bridgehead atoms. The molecule has 0 radical (unpaired) electrons. The first-order chi connectivity index (χ1) is 11.3. The first kappa shape index (κ1) is 18.1. The van der Waals surface area contributed by atoms with E-state index < -0.39 is 42.4 Å². The van der Waals surface area contributed by atoms with Crippen molar-refractivity contribution in [1.29, 1.82) is 0 Å². The topological polar surface area (TPSA) is 109 Å². The second kappa shape index (κ2) is 7.58. The van der Waals surface area contributed by atoms with E-state index in [9.17, 15) is 14.4 Å². The van der Waals surface area contributed by atoms with Crippen molar-refractivity contribution >= 4 is 30.1 Å². The number of hydrogen-bond donors (Lipinski definition) is 1. The zero-order valence-electron chi connectivity index (χ0n) is 13.4. The van der Waals surface area contributed by atoms with E-state index >= 15 is 0 Å². The third-order valence-electron chi connectivity index (χ3n) is 3.29. The molecule has 4 atom stereocenters. The van der Waals surface area contributed by atoms with Gasteiger partial charge in [0.15, 0.2) is 23.2 Å². The Balaban J connectivity index is 2.33. The Hall–Kier alpha value is -2.20. The number of hydrogen-bond acceptors (Lipinski definition) is 8. The molecule has 132 valence electrons. The van der Waals surface area contributed by atoms with E-state index in [2.05, 4.69) is 4.98 Å². The number of imidazole rings is 1. The van der Waals surface area contributed by atoms with Gasteiger partial charge in [-0.05, 0) is 12.2 Å². The van der Waals surface area contributed by atoms with Crippen LogP contribution in [0.15, 0.2) is 12.4 Å². The maximum atomic E-state index is 11.5. The quantitative estimate of drug-likeness (QED) is 0.469. The lowest BCUT2D eigenvalue weighted by atomic mass is 10.1. The molecule has 1 saturated heterocycles. The molecule has 1 aromatic rings. The van der Waals surface area contributed by atoms with E-state index in [0.717, 1.165) is 0 Å². The van der Waals surface area contributed by atoms with Crippen molar-refractivity contribution in [1.82, 2.24) is 9.55 Å². The molecule has 24 heavy (non-hydrogen) atoms. The number of carbonyl (C=O) groups excluding carboxylic acids is 3. The Kier molecular flexibility index (Phi) is 5.73. The fourth-order valence-corrected chi connectivity index (χ4v) is 2.68. The first-order valence-corrected chi connectivity index (χ1v) is 7.59. The van der Waals surface area contributed by atoms with Crippen molar-refractivity contribution in [3.8, 4) is 0 Å². The van der Waals surface area contributed by atoms with Crippen LogP contribution in [0.3, 0.4) is 0 Å². The van der Waals surface area contributed by atoms with Crippen LogP contribution in [0.5, 0.6) is 0 Å². The van der Waals surface area contributed by atoms with Crippen molar-refractivity contribution < 1.29 is 33.3 Å². The Morgan fingerprint density at radius 1 is 1.17 bits per heavy atom. The van der Waals surface area contributed by atoms with Crippen LogP contribution in [0, 0.1) is 4.77 Å². The van der Waals surface area contributed by atoms with Crippen LogP contribution in [0.4, 0.5) is 0 Å². The molecule has 2 heterocycles. The molecule has 0 amide bonds. The van der Waals surface area contributed by atoms with Gasteiger partial charge in [-0.2, -0.15) is 0 Å². The van der Waals surface area contributed by atoms with Gasteiger partial charge in [-0.3, -0.25) is 19.0 Å². The van der Waals surface area contributed by atoms with E-state index in [0.29, 0.717) is 4.77 Å². The number of nitrogens with one attached hydrogen (secondary N) is 1. The Bertz CT molecular complexity index is 683. The molecule has 0 saturated carbocycles. The summed E-state index contributed by atoms with van der Waals surface area (Å²) < 4.78 is 23.2. The van der Waals surface area contributed by atoms with E-state index in [4.69, 9.17) is 31.2 Å². The van der Waals surface area contributed by atoms with Crippen molar-refractivity contribution in [2.24, 2.45) is 0 Å². The average Bonchev–Trinajstić information content (AvgIpc) is 3.01. The summed E-state index contributed by atoms with van der Waals surface area (Å²) in [5, 5.41) is 0. The Labute approximate surface area is 142 Å². The first-order valence-electron chi connectivity index (χ1n) is 7.18. The number of aromatic amines is 1. The molecule has 1 aliphatic rings. The molecule has 0 unspecified atom stereocenters. The fourth-order valence-electron chi connectivity index (χ4n) is 2.45. The summed E-state index contributed by atoms with van der Waals surface area (Å²) in [4.78, 5) is 36.7. The van der Waals surface area contributed by atoms with Crippen molar-refractivity contribution in [3.63, 3.8) is 0 Å². The summed E-state index contributed by atoms with van der Waals surface area (Å²) in [5.41, 5.74) is 0. The van der Waals surface area contributed by atoms with Gasteiger partial charge in [-0.1, -0.05) is 0 Å². The summed E-state index contributed by atoms with van der Waals surface area (Å²) >= 11 is 5.15. The molecule has 1 aromatic heterocycles. The molecule has 2 rings (SSSR count). The van der Waals surface area contributed by atoms with Gasteiger partial charge in [0.25, 0.3) is 0 Å². The molecular formula is C14H18N2O7S. The summed E-state index contributed by atoms with van der Waals surface area (Å²) in [7, 11) is 0. The molecule has 0 aromatic carbocycles. The van der Waals surface area contributed by atoms with E-state index in [1.54, 1.807) is 12.4 Å². The summed E-state index contributed by atoms with van der Waals surface area (Å²) in [6, 6.07) is 0. The minimum atomic E-state index is -0.937. The van der Waals surface area contributed by atoms with Crippen molar-refractivity contribution in [2.45, 2.75) is 45.3 Å². The van der Waals surface area contributed by atoms with Gasteiger partial charge in [-0.25, -0.2) is 0 Å². The number of H-pyrrole nitrogens is 1. The van der Waals surface area contributed by atoms with Crippen LogP contribution in [-0.2, 0) is 33.3 Å². The van der Waals surface area contributed by atoms with Crippen molar-refractivity contribution in [2.75, 3.05) is 6.61 Å². The third-order valence-corrected chi connectivity index (χ3v) is 3.62. The van der Waals surface area contributed by atoms with Crippen LogP contribution in [-0.4, -0.2) is 52.4 Å². The fraction of sp³-hybridized carbons (Fsp3) is 0.571. The SMILES string of the molecule is CC(=O)OC[C@H]1O[C@@H](n2cc[nH]c2=S)[C@@H](OC(C)=O)[C@H]1OC(C)=O. The predicted molar refractivity (Wildman–Crippen MR) is 81.3 cm³/mol. The number of nitrogens with zero attached hydrogens (tertiary/aromatic N) is 1. The number of esters is 3. The van der Waals surface area contributed by atoms with E-state index in [1.807, 2.05) is 0 Å². The number of aromatic nitrogens is 2. The highest BCUT2D eigenvalue weighted by Crippen LogP contribution is 2.34. The second-order valence-electron chi connectivity index (χ2n) is 5.19. The monoisotopic (exact) mass is 358 g/mol. The van der Waals surface area contributed by atoms with Gasteiger partial charge in [0, 0.05) is 33.2 Å². The van der Waals surface area contributed by atoms with Gasteiger partial charge in [-0.15, -0.1) is 0 Å². The highest BCUT2D eigenvalue weighted by atomic mass is 32.1. The minimum Gasteiger partial charge on any atom is -0.463 e. The number of carbonyl (C=O) groups is 3. The van der Waals surface area contributed by atoms with E-state index in [-0.39, 0.29) is 6.61 Å². The molecule has 0 spiro atoms. The molecular weight excluding hydrogens is 340 g/mol. The van der Waals surface area contributed by atoms with Gasteiger partial charge in [0.1, 0.15) is 12.7 Å². The summed E-state index contributed by atoms with van der Waals surface area (Å²) in [6.45, 7) is 3.55. The van der Waals surface area contributed by atoms with Crippen LogP contribution in [0.2, 0.25) is 0 Å².